The lowest BCUT2D eigenvalue weighted by atomic mass is 9.97. The van der Waals surface area contributed by atoms with Crippen LogP contribution in [0.2, 0.25) is 0 Å². The van der Waals surface area contributed by atoms with Crippen LogP contribution < -0.4 is 20.8 Å². The second-order valence-corrected chi connectivity index (χ2v) is 8.28. The van der Waals surface area contributed by atoms with Crippen LogP contribution in [0.1, 0.15) is 34.5 Å². The number of sulfonamides is 1. The summed E-state index contributed by atoms with van der Waals surface area (Å²) in [5.74, 6) is -0.602. The molecule has 1 aromatic carbocycles. The summed E-state index contributed by atoms with van der Waals surface area (Å²) in [7, 11) is -2.54. The van der Waals surface area contributed by atoms with E-state index in [0.29, 0.717) is 0 Å². The Morgan fingerprint density at radius 2 is 2.04 bits per heavy atom. The Labute approximate surface area is 162 Å². The first-order chi connectivity index (χ1) is 13.3. The van der Waals surface area contributed by atoms with Gasteiger partial charge in [-0.25, -0.2) is 17.8 Å². The van der Waals surface area contributed by atoms with Crippen molar-refractivity contribution in [1.29, 1.82) is 0 Å². The summed E-state index contributed by atoms with van der Waals surface area (Å²) in [5.41, 5.74) is 6.87. The van der Waals surface area contributed by atoms with Crippen molar-refractivity contribution >= 4 is 15.9 Å². The van der Waals surface area contributed by atoms with Gasteiger partial charge in [-0.3, -0.25) is 9.59 Å². The van der Waals surface area contributed by atoms with Crippen LogP contribution in [-0.2, 0) is 29.4 Å². The largest absolute Gasteiger partial charge is 0.496 e. The zero-order valence-electron chi connectivity index (χ0n) is 15.5. The van der Waals surface area contributed by atoms with Crippen LogP contribution in [0, 0.1) is 0 Å². The molecule has 0 bridgehead atoms. The number of hydrogen-bond donors (Lipinski definition) is 2. The quantitative estimate of drug-likeness (QED) is 0.675. The Hall–Kier alpha value is -2.72. The second kappa shape index (κ2) is 8.11. The van der Waals surface area contributed by atoms with Gasteiger partial charge in [-0.2, -0.15) is 5.10 Å². The molecule has 1 aliphatic rings. The van der Waals surface area contributed by atoms with E-state index < -0.39 is 15.9 Å². The number of hydrogen-bond acceptors (Lipinski definition) is 6. The highest BCUT2D eigenvalue weighted by Gasteiger charge is 2.19. The summed E-state index contributed by atoms with van der Waals surface area (Å²) in [6.07, 6.45) is 3.76. The van der Waals surface area contributed by atoms with Gasteiger partial charge in [0.2, 0.25) is 10.0 Å². The first-order valence-electron chi connectivity index (χ1n) is 8.89. The summed E-state index contributed by atoms with van der Waals surface area (Å²) >= 11 is 0. The van der Waals surface area contributed by atoms with Gasteiger partial charge >= 0.3 is 0 Å². The number of rotatable bonds is 7. The van der Waals surface area contributed by atoms with Crippen LogP contribution >= 0.6 is 0 Å². The van der Waals surface area contributed by atoms with Crippen molar-refractivity contribution in [3.8, 4) is 5.75 Å². The molecule has 3 rings (SSSR count). The number of carbonyl (C=O) groups excluding carboxylic acids is 1. The molecule has 0 atom stereocenters. The van der Waals surface area contributed by atoms with Crippen molar-refractivity contribution in [1.82, 2.24) is 14.5 Å². The van der Waals surface area contributed by atoms with Gasteiger partial charge in [0.1, 0.15) is 5.75 Å². The first kappa shape index (κ1) is 20.0. The molecule has 3 N–H and O–H groups in total. The molecule has 0 spiro atoms. The molecule has 10 heteroatoms. The van der Waals surface area contributed by atoms with Crippen molar-refractivity contribution in [2.24, 2.45) is 5.73 Å². The van der Waals surface area contributed by atoms with Crippen LogP contribution in [0.3, 0.4) is 0 Å². The lowest BCUT2D eigenvalue weighted by Crippen LogP contribution is -2.33. The SMILES string of the molecule is COc1ccc(S(=O)(=O)NCCn2nc3c(cc2=O)CCCC3)cc1C(N)=O. The van der Waals surface area contributed by atoms with Gasteiger partial charge in [-0.05, 0) is 49.4 Å². The highest BCUT2D eigenvalue weighted by Crippen LogP contribution is 2.22. The number of nitrogens with one attached hydrogen (secondary N) is 1. The number of methoxy groups -OCH3 is 1. The number of aryl methyl sites for hydroxylation is 2. The fourth-order valence-corrected chi connectivity index (χ4v) is 4.22. The van der Waals surface area contributed by atoms with Crippen LogP contribution in [0.15, 0.2) is 34.0 Å². The smallest absolute Gasteiger partial charge is 0.267 e. The Bertz CT molecular complexity index is 1060. The van der Waals surface area contributed by atoms with E-state index in [-0.39, 0.29) is 34.9 Å². The maximum absolute atomic E-state index is 12.5. The molecule has 1 aliphatic carbocycles. The van der Waals surface area contributed by atoms with E-state index in [2.05, 4.69) is 9.82 Å². The summed E-state index contributed by atoms with van der Waals surface area (Å²) in [6.45, 7) is 0.0795. The minimum absolute atomic E-state index is 0.0219. The summed E-state index contributed by atoms with van der Waals surface area (Å²) in [4.78, 5) is 23.5. The number of benzene rings is 1. The minimum Gasteiger partial charge on any atom is -0.496 e. The molecule has 0 saturated heterocycles. The summed E-state index contributed by atoms with van der Waals surface area (Å²) in [5, 5.41) is 4.36. The van der Waals surface area contributed by atoms with Crippen molar-refractivity contribution < 1.29 is 17.9 Å². The van der Waals surface area contributed by atoms with Gasteiger partial charge in [0.05, 0.1) is 29.8 Å². The third kappa shape index (κ3) is 4.23. The average Bonchev–Trinajstić information content (AvgIpc) is 2.67. The number of nitrogens with zero attached hydrogens (tertiary/aromatic N) is 2. The molecular formula is C18H22N4O5S. The maximum Gasteiger partial charge on any atom is 0.267 e. The predicted octanol–water partition coefficient (Wildman–Crippen LogP) is 0.208. The van der Waals surface area contributed by atoms with E-state index in [4.69, 9.17) is 10.5 Å². The summed E-state index contributed by atoms with van der Waals surface area (Å²) < 4.78 is 33.7. The Balaban J connectivity index is 1.73. The molecule has 1 heterocycles. The number of primary amides is 1. The van der Waals surface area contributed by atoms with Crippen LogP contribution in [0.5, 0.6) is 5.75 Å². The maximum atomic E-state index is 12.5. The van der Waals surface area contributed by atoms with Crippen LogP contribution in [0.4, 0.5) is 0 Å². The molecular weight excluding hydrogens is 384 g/mol. The number of aromatic nitrogens is 2. The number of nitrogens with two attached hydrogens (primary N) is 1. The number of fused-ring (bicyclic) bond motifs is 1. The zero-order chi connectivity index (χ0) is 20.3. The number of ether oxygens (including phenoxy) is 1. The highest BCUT2D eigenvalue weighted by molar-refractivity contribution is 7.89. The lowest BCUT2D eigenvalue weighted by Gasteiger charge is -2.16. The van der Waals surface area contributed by atoms with E-state index >= 15 is 0 Å². The normalized spacial score (nSPS) is 13.8. The Kier molecular flexibility index (Phi) is 5.80. The van der Waals surface area contributed by atoms with Gasteiger partial charge in [-0.1, -0.05) is 0 Å². The highest BCUT2D eigenvalue weighted by atomic mass is 32.2. The average molecular weight is 406 g/mol. The fraction of sp³-hybridized carbons (Fsp3) is 0.389. The molecule has 1 amide bonds. The molecule has 0 fully saturated rings. The number of carbonyl (C=O) groups is 1. The monoisotopic (exact) mass is 406 g/mol. The lowest BCUT2D eigenvalue weighted by molar-refractivity contribution is 0.0997. The molecule has 150 valence electrons. The third-order valence-electron chi connectivity index (χ3n) is 4.64. The fourth-order valence-electron chi connectivity index (χ4n) is 3.18. The Morgan fingerprint density at radius 3 is 2.75 bits per heavy atom. The van der Waals surface area contributed by atoms with E-state index in [1.807, 2.05) is 0 Å². The standard InChI is InChI=1S/C18H22N4O5S/c1-27-16-7-6-13(11-14(16)18(19)24)28(25,26)20-8-9-22-17(23)10-12-4-2-3-5-15(12)21-22/h6-7,10-11,20H,2-5,8-9H2,1H3,(H2,19,24). The van der Waals surface area contributed by atoms with E-state index in [9.17, 15) is 18.0 Å². The first-order valence-corrected chi connectivity index (χ1v) is 10.4. The third-order valence-corrected chi connectivity index (χ3v) is 6.09. The van der Waals surface area contributed by atoms with E-state index in [1.165, 1.54) is 23.9 Å². The van der Waals surface area contributed by atoms with Crippen molar-refractivity contribution in [2.75, 3.05) is 13.7 Å². The van der Waals surface area contributed by atoms with Crippen molar-refractivity contribution in [2.45, 2.75) is 37.1 Å². The minimum atomic E-state index is -3.90. The van der Waals surface area contributed by atoms with Crippen LogP contribution in [-0.4, -0.2) is 37.8 Å². The van der Waals surface area contributed by atoms with Gasteiger partial charge < -0.3 is 10.5 Å². The van der Waals surface area contributed by atoms with Gasteiger partial charge in [0.25, 0.3) is 11.5 Å². The number of amides is 1. The van der Waals surface area contributed by atoms with Gasteiger partial charge in [-0.15, -0.1) is 0 Å². The predicted molar refractivity (Wildman–Crippen MR) is 102 cm³/mol. The van der Waals surface area contributed by atoms with Crippen molar-refractivity contribution in [3.63, 3.8) is 0 Å². The van der Waals surface area contributed by atoms with Crippen molar-refractivity contribution in [3.05, 3.63) is 51.4 Å². The van der Waals surface area contributed by atoms with Crippen LogP contribution in [0.25, 0.3) is 0 Å². The topological polar surface area (TPSA) is 133 Å². The molecule has 0 saturated carbocycles. The molecule has 1 aromatic heterocycles. The van der Waals surface area contributed by atoms with Gasteiger partial charge in [0.15, 0.2) is 0 Å². The molecule has 0 unspecified atom stereocenters. The zero-order valence-corrected chi connectivity index (χ0v) is 16.3. The van der Waals surface area contributed by atoms with E-state index in [1.54, 1.807) is 6.07 Å². The second-order valence-electron chi connectivity index (χ2n) is 6.51. The molecule has 0 aliphatic heterocycles. The summed E-state index contributed by atoms with van der Waals surface area (Å²) in [6, 6.07) is 5.42. The molecule has 9 nitrogen and oxygen atoms in total. The molecule has 2 aromatic rings. The van der Waals surface area contributed by atoms with E-state index in [0.717, 1.165) is 43.0 Å². The Morgan fingerprint density at radius 1 is 1.29 bits per heavy atom. The van der Waals surface area contributed by atoms with Gasteiger partial charge in [0, 0.05) is 12.6 Å². The molecule has 28 heavy (non-hydrogen) atoms. The molecule has 0 radical (unpaired) electrons.